The monoisotopic (exact) mass is 412 g/mol. The largest absolute Gasteiger partial charge is 0.312 e. The van der Waals surface area contributed by atoms with E-state index >= 15 is 0 Å². The first-order chi connectivity index (χ1) is 12.7. The standard InChI is InChI=1S/C22H25BrN2O/c23-20-9-7-17(8-10-20)16-24-14-11-19(12-15-24)22(26)25-13-3-5-18-4-1-2-6-21(18)25/h1-2,4,6-10,19H,3,5,11-16H2. The fourth-order valence-corrected chi connectivity index (χ4v) is 4.43. The Kier molecular flexibility index (Phi) is 5.41. The molecule has 0 spiro atoms. The van der Waals surface area contributed by atoms with Gasteiger partial charge in [0.1, 0.15) is 0 Å². The van der Waals surface area contributed by atoms with Gasteiger partial charge in [-0.15, -0.1) is 0 Å². The smallest absolute Gasteiger partial charge is 0.230 e. The predicted octanol–water partition coefficient (Wildman–Crippen LogP) is 4.64. The highest BCUT2D eigenvalue weighted by atomic mass is 79.9. The van der Waals surface area contributed by atoms with Crippen molar-refractivity contribution in [3.8, 4) is 0 Å². The SMILES string of the molecule is O=C(C1CCN(Cc2ccc(Br)cc2)CC1)N1CCCc2ccccc21. The van der Waals surface area contributed by atoms with E-state index in [1.54, 1.807) is 0 Å². The van der Waals surface area contributed by atoms with Crippen molar-refractivity contribution in [3.05, 3.63) is 64.1 Å². The molecule has 4 rings (SSSR count). The molecule has 0 atom stereocenters. The molecular formula is C22H25BrN2O. The lowest BCUT2D eigenvalue weighted by atomic mass is 9.93. The molecule has 0 radical (unpaired) electrons. The van der Waals surface area contributed by atoms with Crippen LogP contribution in [0.1, 0.15) is 30.4 Å². The molecule has 3 nitrogen and oxygen atoms in total. The van der Waals surface area contributed by atoms with Crippen molar-refractivity contribution >= 4 is 27.5 Å². The number of rotatable bonds is 3. The third-order valence-corrected chi connectivity index (χ3v) is 6.16. The van der Waals surface area contributed by atoms with E-state index in [0.29, 0.717) is 5.91 Å². The molecular weight excluding hydrogens is 388 g/mol. The van der Waals surface area contributed by atoms with Crippen LogP contribution in [0.2, 0.25) is 0 Å². The van der Waals surface area contributed by atoms with Crippen LogP contribution in [0.3, 0.4) is 0 Å². The molecule has 2 aliphatic heterocycles. The van der Waals surface area contributed by atoms with Crippen LogP contribution in [0.15, 0.2) is 53.0 Å². The van der Waals surface area contributed by atoms with Gasteiger partial charge in [0, 0.05) is 29.2 Å². The molecule has 1 fully saturated rings. The molecule has 2 aliphatic rings. The second-order valence-corrected chi connectivity index (χ2v) is 8.31. The minimum absolute atomic E-state index is 0.169. The molecule has 1 saturated heterocycles. The second-order valence-electron chi connectivity index (χ2n) is 7.40. The Balaban J connectivity index is 1.36. The lowest BCUT2D eigenvalue weighted by Crippen LogP contribution is -2.44. The van der Waals surface area contributed by atoms with Crippen LogP contribution in [0.4, 0.5) is 5.69 Å². The van der Waals surface area contributed by atoms with Gasteiger partial charge in [-0.3, -0.25) is 9.69 Å². The maximum Gasteiger partial charge on any atom is 0.230 e. The molecule has 0 aliphatic carbocycles. The van der Waals surface area contributed by atoms with Gasteiger partial charge in [0.05, 0.1) is 0 Å². The Morgan fingerprint density at radius 3 is 2.50 bits per heavy atom. The van der Waals surface area contributed by atoms with Crippen molar-refractivity contribution in [3.63, 3.8) is 0 Å². The van der Waals surface area contributed by atoms with E-state index in [9.17, 15) is 4.79 Å². The number of carbonyl (C=O) groups is 1. The van der Waals surface area contributed by atoms with Gasteiger partial charge in [0.2, 0.25) is 5.91 Å². The van der Waals surface area contributed by atoms with E-state index < -0.39 is 0 Å². The number of fused-ring (bicyclic) bond motifs is 1. The van der Waals surface area contributed by atoms with Crippen LogP contribution in [0.25, 0.3) is 0 Å². The molecule has 0 bridgehead atoms. The third-order valence-electron chi connectivity index (χ3n) is 5.63. The number of amides is 1. The number of hydrogen-bond donors (Lipinski definition) is 0. The normalized spacial score (nSPS) is 18.6. The first-order valence-electron chi connectivity index (χ1n) is 9.57. The average molecular weight is 413 g/mol. The summed E-state index contributed by atoms with van der Waals surface area (Å²) < 4.78 is 1.12. The summed E-state index contributed by atoms with van der Waals surface area (Å²) in [6.07, 6.45) is 4.10. The highest BCUT2D eigenvalue weighted by Crippen LogP contribution is 2.30. The number of anilines is 1. The minimum atomic E-state index is 0.169. The number of carbonyl (C=O) groups excluding carboxylic acids is 1. The van der Waals surface area contributed by atoms with Gasteiger partial charge in [-0.25, -0.2) is 0 Å². The Bertz CT molecular complexity index is 766. The van der Waals surface area contributed by atoms with E-state index in [0.717, 1.165) is 62.0 Å². The summed E-state index contributed by atoms with van der Waals surface area (Å²) in [5.74, 6) is 0.503. The van der Waals surface area contributed by atoms with Crippen molar-refractivity contribution < 1.29 is 4.79 Å². The molecule has 2 aromatic rings. The van der Waals surface area contributed by atoms with Gasteiger partial charge in [-0.1, -0.05) is 46.3 Å². The number of likely N-dealkylation sites (tertiary alicyclic amines) is 1. The number of piperidine rings is 1. The molecule has 0 N–H and O–H groups in total. The lowest BCUT2D eigenvalue weighted by molar-refractivity contribution is -0.123. The maximum atomic E-state index is 13.1. The van der Waals surface area contributed by atoms with E-state index in [2.05, 4.69) is 63.3 Å². The van der Waals surface area contributed by atoms with Crippen LogP contribution < -0.4 is 4.90 Å². The Morgan fingerprint density at radius 1 is 1.00 bits per heavy atom. The van der Waals surface area contributed by atoms with Crippen molar-refractivity contribution in [1.82, 2.24) is 4.90 Å². The zero-order chi connectivity index (χ0) is 17.9. The van der Waals surface area contributed by atoms with E-state index in [1.165, 1.54) is 11.1 Å². The van der Waals surface area contributed by atoms with Crippen molar-refractivity contribution in [2.45, 2.75) is 32.2 Å². The summed E-state index contributed by atoms with van der Waals surface area (Å²) in [6.45, 7) is 3.85. The molecule has 2 heterocycles. The molecule has 0 aromatic heterocycles. The highest BCUT2D eigenvalue weighted by molar-refractivity contribution is 9.10. The molecule has 26 heavy (non-hydrogen) atoms. The molecule has 1 amide bonds. The predicted molar refractivity (Wildman–Crippen MR) is 109 cm³/mol. The van der Waals surface area contributed by atoms with Crippen molar-refractivity contribution in [2.75, 3.05) is 24.5 Å². The molecule has 0 unspecified atom stereocenters. The molecule has 2 aromatic carbocycles. The van der Waals surface area contributed by atoms with Crippen LogP contribution in [-0.2, 0) is 17.8 Å². The fourth-order valence-electron chi connectivity index (χ4n) is 4.17. The Labute approximate surface area is 164 Å². The number of aryl methyl sites for hydroxylation is 1. The van der Waals surface area contributed by atoms with Crippen LogP contribution in [-0.4, -0.2) is 30.4 Å². The molecule has 136 valence electrons. The fraction of sp³-hybridized carbons (Fsp3) is 0.409. The number of nitrogens with zero attached hydrogens (tertiary/aromatic N) is 2. The number of para-hydroxylation sites is 1. The Morgan fingerprint density at radius 2 is 1.73 bits per heavy atom. The van der Waals surface area contributed by atoms with Gasteiger partial charge in [0.25, 0.3) is 0 Å². The summed E-state index contributed by atoms with van der Waals surface area (Å²) >= 11 is 3.49. The van der Waals surface area contributed by atoms with E-state index in [4.69, 9.17) is 0 Å². The van der Waals surface area contributed by atoms with Crippen LogP contribution in [0, 0.1) is 5.92 Å². The average Bonchev–Trinajstić information content (AvgIpc) is 2.69. The summed E-state index contributed by atoms with van der Waals surface area (Å²) in [7, 11) is 0. The quantitative estimate of drug-likeness (QED) is 0.732. The topological polar surface area (TPSA) is 23.6 Å². The van der Waals surface area contributed by atoms with Crippen LogP contribution in [0.5, 0.6) is 0 Å². The highest BCUT2D eigenvalue weighted by Gasteiger charge is 2.31. The van der Waals surface area contributed by atoms with Gasteiger partial charge in [-0.2, -0.15) is 0 Å². The van der Waals surface area contributed by atoms with Gasteiger partial charge < -0.3 is 4.90 Å². The Hall–Kier alpha value is -1.65. The van der Waals surface area contributed by atoms with Crippen molar-refractivity contribution in [1.29, 1.82) is 0 Å². The summed E-state index contributed by atoms with van der Waals surface area (Å²) in [4.78, 5) is 17.6. The van der Waals surface area contributed by atoms with Crippen molar-refractivity contribution in [2.24, 2.45) is 5.92 Å². The first kappa shape index (κ1) is 17.7. The summed E-state index contributed by atoms with van der Waals surface area (Å²) in [5, 5.41) is 0. The second kappa shape index (κ2) is 7.93. The number of hydrogen-bond acceptors (Lipinski definition) is 2. The first-order valence-corrected chi connectivity index (χ1v) is 10.4. The zero-order valence-electron chi connectivity index (χ0n) is 15.0. The lowest BCUT2D eigenvalue weighted by Gasteiger charge is -2.36. The summed E-state index contributed by atoms with van der Waals surface area (Å²) in [6, 6.07) is 16.9. The number of halogens is 1. The van der Waals surface area contributed by atoms with E-state index in [1.807, 2.05) is 11.0 Å². The molecule has 4 heteroatoms. The van der Waals surface area contributed by atoms with Gasteiger partial charge in [0.15, 0.2) is 0 Å². The van der Waals surface area contributed by atoms with Gasteiger partial charge in [-0.05, 0) is 68.1 Å². The van der Waals surface area contributed by atoms with Gasteiger partial charge >= 0.3 is 0 Å². The third kappa shape index (κ3) is 3.86. The molecule has 0 saturated carbocycles. The maximum absolute atomic E-state index is 13.1. The van der Waals surface area contributed by atoms with E-state index in [-0.39, 0.29) is 5.92 Å². The van der Waals surface area contributed by atoms with Crippen LogP contribution >= 0.6 is 15.9 Å². The minimum Gasteiger partial charge on any atom is -0.312 e. The summed E-state index contributed by atoms with van der Waals surface area (Å²) in [5.41, 5.74) is 3.80. The number of benzene rings is 2. The zero-order valence-corrected chi connectivity index (χ0v) is 16.6.